The fraction of sp³-hybridized carbons (Fsp3) is 0.185. The van der Waals surface area contributed by atoms with Crippen LogP contribution in [0.15, 0.2) is 137 Å². The lowest BCUT2D eigenvalue weighted by molar-refractivity contribution is 0.305. The Morgan fingerprint density at radius 3 is 1.20 bits per heavy atom. The molecule has 2 N–H and O–H groups in total. The van der Waals surface area contributed by atoms with Gasteiger partial charge in [0.1, 0.15) is 35.1 Å². The van der Waals surface area contributed by atoms with Gasteiger partial charge in [-0.15, -0.1) is 0 Å². The van der Waals surface area contributed by atoms with Crippen LogP contribution in [0.4, 0.5) is 0 Å². The summed E-state index contributed by atoms with van der Waals surface area (Å²) in [6.07, 6.45) is 23.9. The zero-order valence-corrected chi connectivity index (χ0v) is 36.2. The Bertz CT molecular complexity index is 3070. The predicted molar refractivity (Wildman–Crippen MR) is 252 cm³/mol. The van der Waals surface area contributed by atoms with Gasteiger partial charge >= 0.3 is 0 Å². The van der Waals surface area contributed by atoms with E-state index in [0.29, 0.717) is 62.3 Å². The van der Waals surface area contributed by atoms with Crippen LogP contribution >= 0.6 is 0 Å². The molecule has 4 aromatic rings. The van der Waals surface area contributed by atoms with Gasteiger partial charge in [-0.05, 0) is 102 Å². The lowest BCUT2D eigenvalue weighted by Crippen LogP contribution is -2.10. The topological polar surface area (TPSA) is 136 Å². The van der Waals surface area contributed by atoms with Gasteiger partial charge in [0.25, 0.3) is 0 Å². The molecule has 1 aromatic carbocycles. The molecule has 3 aliphatic carbocycles. The number of hydrogen-bond acceptors (Lipinski definition) is 8. The highest BCUT2D eigenvalue weighted by atomic mass is 16.5. The van der Waals surface area contributed by atoms with Crippen molar-refractivity contribution in [2.45, 2.75) is 43.9 Å². The molecule has 3 aromatic heterocycles. The average Bonchev–Trinajstić information content (AvgIpc) is 4.17. The van der Waals surface area contributed by atoms with Gasteiger partial charge in [0.2, 0.25) is 0 Å². The number of allylic oxidation sites excluding steroid dienone is 12. The molecule has 0 radical (unpaired) electrons. The minimum atomic E-state index is -0.608. The third kappa shape index (κ3) is 7.42. The maximum Gasteiger partial charge on any atom is 0.129 e. The molecule has 9 rings (SSSR count). The first-order chi connectivity index (χ1) is 31.0. The van der Waals surface area contributed by atoms with Crippen molar-refractivity contribution in [3.05, 3.63) is 182 Å². The van der Waals surface area contributed by atoms with Gasteiger partial charge in [-0.1, -0.05) is 63.3 Å². The van der Waals surface area contributed by atoms with Gasteiger partial charge < -0.3 is 24.2 Å². The summed E-state index contributed by atoms with van der Waals surface area (Å²) in [6.45, 7) is 6.57. The molecule has 2 aliphatic heterocycles. The molecule has 10 nitrogen and oxygen atoms in total. The van der Waals surface area contributed by atoms with Gasteiger partial charge in [0, 0.05) is 62.1 Å². The molecule has 3 unspecified atom stereocenters. The van der Waals surface area contributed by atoms with Crippen molar-refractivity contribution in [1.82, 2.24) is 19.9 Å². The van der Waals surface area contributed by atoms with Gasteiger partial charge in [-0.2, -0.15) is 0 Å². The van der Waals surface area contributed by atoms with Crippen LogP contribution in [0.3, 0.4) is 0 Å². The number of carbonyl (C=O) groups excluding carboxylic acids is 3. The first-order valence-electron chi connectivity index (χ1n) is 20.9. The maximum atomic E-state index is 12.7. The van der Waals surface area contributed by atoms with E-state index in [-0.39, 0.29) is 5.41 Å². The van der Waals surface area contributed by atoms with Crippen LogP contribution < -0.4 is 0 Å². The number of benzene rings is 1. The van der Waals surface area contributed by atoms with Crippen LogP contribution in [0.2, 0.25) is 0 Å². The lowest BCUT2D eigenvalue weighted by Gasteiger charge is -2.19. The summed E-state index contributed by atoms with van der Waals surface area (Å²) in [5.41, 5.74) is 11.6. The summed E-state index contributed by atoms with van der Waals surface area (Å²) >= 11 is 0. The summed E-state index contributed by atoms with van der Waals surface area (Å²) in [5.74, 6) is 6.35. The Hall–Kier alpha value is -7.99. The number of rotatable bonds is 7. The van der Waals surface area contributed by atoms with E-state index in [1.807, 2.05) is 85.0 Å². The van der Waals surface area contributed by atoms with E-state index >= 15 is 0 Å². The zero-order valence-electron chi connectivity index (χ0n) is 36.2. The van der Waals surface area contributed by atoms with E-state index in [1.165, 1.54) is 5.56 Å². The third-order valence-electron chi connectivity index (χ3n) is 12.2. The van der Waals surface area contributed by atoms with Crippen LogP contribution in [0.25, 0.3) is 57.5 Å². The van der Waals surface area contributed by atoms with Crippen molar-refractivity contribution in [2.75, 3.05) is 21.3 Å². The van der Waals surface area contributed by atoms with E-state index in [1.54, 1.807) is 39.6 Å². The number of nitrogens with one attached hydrogen (secondary N) is 2. The minimum absolute atomic E-state index is 0.0600. The van der Waals surface area contributed by atoms with Crippen molar-refractivity contribution in [3.8, 4) is 11.1 Å². The summed E-state index contributed by atoms with van der Waals surface area (Å²) < 4.78 is 16.5. The molecule has 0 saturated heterocycles. The number of hydrogen-bond donors (Lipinski definition) is 2. The van der Waals surface area contributed by atoms with Crippen molar-refractivity contribution in [2.24, 2.45) is 0 Å². The Morgan fingerprint density at radius 1 is 0.484 bits per heavy atom. The standard InChI is InChI=1S/C54H44N4O6/c1-54(2,3)35-9-7-31(8-10-35)50-42-17-19-44(55-42)51(39-14-11-36(62-4)25-32(39)28-59)46-21-23-48(57-46)53(41-16-13-38(64-6)27-34(41)30-61)49-24-22-47(58-49)52(45-20-18-43(50)56-45)40-15-12-37(63-5)26-33(40)29-60/h7-27,39-41,55-56H,1-6H3. The highest BCUT2D eigenvalue weighted by Gasteiger charge is 2.30. The third-order valence-corrected chi connectivity index (χ3v) is 12.2. The average molecular weight is 845 g/mol. The van der Waals surface area contributed by atoms with Crippen molar-refractivity contribution < 1.29 is 28.6 Å². The Labute approximate surface area is 370 Å². The first-order valence-corrected chi connectivity index (χ1v) is 20.9. The van der Waals surface area contributed by atoms with Gasteiger partial charge in [0.15, 0.2) is 0 Å². The van der Waals surface area contributed by atoms with Crippen molar-refractivity contribution >= 4 is 64.2 Å². The molecular formula is C54H44N4O6. The number of methoxy groups -OCH3 is 3. The largest absolute Gasteiger partial charge is 0.497 e. The fourth-order valence-electron chi connectivity index (χ4n) is 8.87. The Kier molecular flexibility index (Phi) is 10.8. The number of ether oxygens (including phenoxy) is 3. The molecule has 8 bridgehead atoms. The molecule has 5 aliphatic rings. The van der Waals surface area contributed by atoms with E-state index in [0.717, 1.165) is 44.3 Å². The van der Waals surface area contributed by atoms with Gasteiger partial charge in [-0.3, -0.25) is 0 Å². The highest BCUT2D eigenvalue weighted by Crippen LogP contribution is 2.42. The second kappa shape index (κ2) is 16.7. The van der Waals surface area contributed by atoms with Crippen LogP contribution in [0.5, 0.6) is 0 Å². The van der Waals surface area contributed by atoms with Crippen LogP contribution in [-0.2, 0) is 34.0 Å². The predicted octanol–water partition coefficient (Wildman–Crippen LogP) is 10.4. The Morgan fingerprint density at radius 2 is 0.844 bits per heavy atom. The number of nitrogens with zero attached hydrogens (tertiary/aromatic N) is 2. The number of aromatic nitrogens is 4. The molecular weight excluding hydrogens is 801 g/mol. The molecule has 0 saturated carbocycles. The van der Waals surface area contributed by atoms with Crippen LogP contribution in [0, 0.1) is 0 Å². The zero-order chi connectivity index (χ0) is 44.7. The minimum Gasteiger partial charge on any atom is -0.497 e. The number of aromatic amines is 2. The lowest BCUT2D eigenvalue weighted by atomic mass is 9.86. The van der Waals surface area contributed by atoms with E-state index in [4.69, 9.17) is 24.2 Å². The molecule has 316 valence electrons. The second-order valence-corrected chi connectivity index (χ2v) is 16.9. The monoisotopic (exact) mass is 844 g/mol. The van der Waals surface area contributed by atoms with E-state index in [2.05, 4.69) is 72.8 Å². The maximum absolute atomic E-state index is 12.7. The molecule has 0 spiro atoms. The summed E-state index contributed by atoms with van der Waals surface area (Å²) in [5, 5.41) is 0. The summed E-state index contributed by atoms with van der Waals surface area (Å²) in [7, 11) is 4.66. The molecule has 64 heavy (non-hydrogen) atoms. The van der Waals surface area contributed by atoms with Crippen LogP contribution in [0.1, 0.15) is 83.6 Å². The molecule has 0 fully saturated rings. The molecule has 3 atom stereocenters. The van der Waals surface area contributed by atoms with Crippen LogP contribution in [-0.4, -0.2) is 59.1 Å². The van der Waals surface area contributed by atoms with Crippen molar-refractivity contribution in [3.63, 3.8) is 0 Å². The summed E-state index contributed by atoms with van der Waals surface area (Å²) in [4.78, 5) is 56.3. The smallest absolute Gasteiger partial charge is 0.129 e. The molecule has 10 heteroatoms. The SMILES string of the molecule is COC1=CC(=C=O)C(c2c3nc(c(C4C=CC(OC)=CC4=C=O)c4ccc([nH]4)c(-c4ccc(C(C)(C)C)cc4)c4ccc([nH]4)c(C4C=CC(OC)=CC4=C=O)c4nc2C=C4)C=C3)C=C1. The second-order valence-electron chi connectivity index (χ2n) is 16.9. The number of fused-ring (bicyclic) bond motifs is 8. The fourth-order valence-corrected chi connectivity index (χ4v) is 8.87. The quantitative estimate of drug-likeness (QED) is 0.152. The summed E-state index contributed by atoms with van der Waals surface area (Å²) in [6, 6.07) is 16.7. The molecule has 0 amide bonds. The van der Waals surface area contributed by atoms with E-state index in [9.17, 15) is 14.4 Å². The number of H-pyrrole nitrogens is 2. The van der Waals surface area contributed by atoms with Crippen molar-refractivity contribution in [1.29, 1.82) is 0 Å². The van der Waals surface area contributed by atoms with E-state index < -0.39 is 17.8 Å². The first kappa shape index (κ1) is 41.4. The highest BCUT2D eigenvalue weighted by molar-refractivity contribution is 5.95. The normalized spacial score (nSPS) is 18.8. The Balaban J connectivity index is 1.44. The molecule has 5 heterocycles. The van der Waals surface area contributed by atoms with Gasteiger partial charge in [0.05, 0.1) is 60.8 Å². The van der Waals surface area contributed by atoms with Gasteiger partial charge in [-0.25, -0.2) is 24.4 Å².